The maximum atomic E-state index is 13.7. The Morgan fingerprint density at radius 3 is 2.70 bits per heavy atom. The summed E-state index contributed by atoms with van der Waals surface area (Å²) in [5.74, 6) is 1.79. The Labute approximate surface area is 152 Å². The van der Waals surface area contributed by atoms with Crippen LogP contribution >= 0.6 is 24.0 Å². The zero-order valence-corrected chi connectivity index (χ0v) is 15.3. The number of hydrogen-bond acceptors (Lipinski definition) is 2. The summed E-state index contributed by atoms with van der Waals surface area (Å²) in [5.41, 5.74) is 0.819. The zero-order chi connectivity index (χ0) is 15.4. The lowest BCUT2D eigenvalue weighted by atomic mass is 9.76. The summed E-state index contributed by atoms with van der Waals surface area (Å²) < 4.78 is 19.0. The number of guanidine groups is 1. The molecule has 1 saturated carbocycles. The van der Waals surface area contributed by atoms with Gasteiger partial charge in [0.05, 0.1) is 12.8 Å². The molecule has 2 N–H and O–H groups in total. The van der Waals surface area contributed by atoms with Gasteiger partial charge in [0.25, 0.3) is 0 Å². The highest BCUT2D eigenvalue weighted by atomic mass is 127. The normalized spacial score (nSPS) is 20.3. The summed E-state index contributed by atoms with van der Waals surface area (Å²) in [4.78, 5) is 4.20. The van der Waals surface area contributed by atoms with E-state index < -0.39 is 0 Å². The SMILES string of the molecule is CN=C(NCc1ccco1)NC1CC(c2ccccc2F)C1.I. The van der Waals surface area contributed by atoms with E-state index in [9.17, 15) is 4.39 Å². The fourth-order valence-corrected chi connectivity index (χ4v) is 2.77. The molecule has 0 aliphatic heterocycles. The highest BCUT2D eigenvalue weighted by Gasteiger charge is 2.32. The third-order valence-electron chi connectivity index (χ3n) is 4.06. The van der Waals surface area contributed by atoms with Crippen LogP contribution in [0.4, 0.5) is 4.39 Å². The van der Waals surface area contributed by atoms with Gasteiger partial charge in [0.15, 0.2) is 5.96 Å². The highest BCUT2D eigenvalue weighted by molar-refractivity contribution is 14.0. The largest absolute Gasteiger partial charge is 0.467 e. The number of hydrogen-bond donors (Lipinski definition) is 2. The molecule has 0 amide bonds. The van der Waals surface area contributed by atoms with Gasteiger partial charge < -0.3 is 15.1 Å². The van der Waals surface area contributed by atoms with Gasteiger partial charge in [-0.25, -0.2) is 4.39 Å². The van der Waals surface area contributed by atoms with Gasteiger partial charge in [-0.3, -0.25) is 4.99 Å². The number of rotatable bonds is 4. The minimum atomic E-state index is -0.105. The van der Waals surface area contributed by atoms with Crippen LogP contribution in [0.3, 0.4) is 0 Å². The lowest BCUT2D eigenvalue weighted by molar-refractivity contribution is 0.314. The van der Waals surface area contributed by atoms with Crippen LogP contribution < -0.4 is 10.6 Å². The molecule has 23 heavy (non-hydrogen) atoms. The second-order valence-corrected chi connectivity index (χ2v) is 5.54. The van der Waals surface area contributed by atoms with Crippen LogP contribution in [0.2, 0.25) is 0 Å². The number of aliphatic imine (C=N–C) groups is 1. The molecule has 2 aromatic rings. The minimum Gasteiger partial charge on any atom is -0.467 e. The lowest BCUT2D eigenvalue weighted by Gasteiger charge is -2.37. The van der Waals surface area contributed by atoms with Gasteiger partial charge in [-0.15, -0.1) is 24.0 Å². The van der Waals surface area contributed by atoms with E-state index in [1.807, 2.05) is 24.3 Å². The molecule has 1 aromatic heterocycles. The van der Waals surface area contributed by atoms with Crippen molar-refractivity contribution in [3.8, 4) is 0 Å². The molecule has 0 atom stereocenters. The van der Waals surface area contributed by atoms with Crippen molar-refractivity contribution in [1.82, 2.24) is 10.6 Å². The monoisotopic (exact) mass is 429 g/mol. The predicted octanol–water partition coefficient (Wildman–Crippen LogP) is 3.65. The molecular formula is C17H21FIN3O. The molecule has 3 rings (SSSR count). The maximum absolute atomic E-state index is 13.7. The summed E-state index contributed by atoms with van der Waals surface area (Å²) in [6, 6.07) is 11.1. The van der Waals surface area contributed by atoms with Gasteiger partial charge in [0, 0.05) is 13.1 Å². The van der Waals surface area contributed by atoms with Crippen molar-refractivity contribution in [1.29, 1.82) is 0 Å². The van der Waals surface area contributed by atoms with Gasteiger partial charge in [-0.1, -0.05) is 18.2 Å². The van der Waals surface area contributed by atoms with Crippen LogP contribution in [0.15, 0.2) is 52.1 Å². The van der Waals surface area contributed by atoms with Crippen LogP contribution in [-0.2, 0) is 6.54 Å². The molecular weight excluding hydrogens is 408 g/mol. The lowest BCUT2D eigenvalue weighted by Crippen LogP contribution is -2.48. The first-order valence-electron chi connectivity index (χ1n) is 7.50. The summed E-state index contributed by atoms with van der Waals surface area (Å²) in [6.07, 6.45) is 3.49. The average molecular weight is 429 g/mol. The maximum Gasteiger partial charge on any atom is 0.191 e. The second-order valence-electron chi connectivity index (χ2n) is 5.54. The van der Waals surface area contributed by atoms with Gasteiger partial charge in [-0.2, -0.15) is 0 Å². The standard InChI is InChI=1S/C17H20FN3O.HI/c1-19-17(20-11-14-5-4-8-22-14)21-13-9-12(10-13)15-6-2-3-7-16(15)18;/h2-8,12-13H,9-11H2,1H3,(H2,19,20,21);1H. The Kier molecular flexibility index (Phi) is 6.44. The first-order valence-corrected chi connectivity index (χ1v) is 7.50. The third-order valence-corrected chi connectivity index (χ3v) is 4.06. The van der Waals surface area contributed by atoms with Crippen molar-refractivity contribution in [3.63, 3.8) is 0 Å². The molecule has 0 bridgehead atoms. The van der Waals surface area contributed by atoms with Crippen LogP contribution in [0.25, 0.3) is 0 Å². The number of nitrogens with one attached hydrogen (secondary N) is 2. The molecule has 4 nitrogen and oxygen atoms in total. The van der Waals surface area contributed by atoms with Gasteiger partial charge in [-0.05, 0) is 42.5 Å². The summed E-state index contributed by atoms with van der Waals surface area (Å²) in [6.45, 7) is 0.593. The van der Waals surface area contributed by atoms with Crippen molar-refractivity contribution in [2.45, 2.75) is 31.3 Å². The van der Waals surface area contributed by atoms with Crippen LogP contribution in [0, 0.1) is 5.82 Å². The fraction of sp³-hybridized carbons (Fsp3) is 0.353. The number of benzene rings is 1. The molecule has 0 spiro atoms. The van der Waals surface area contributed by atoms with E-state index in [4.69, 9.17) is 4.42 Å². The van der Waals surface area contributed by atoms with E-state index in [-0.39, 0.29) is 29.8 Å². The summed E-state index contributed by atoms with van der Waals surface area (Å²) in [7, 11) is 1.74. The molecule has 1 fully saturated rings. The molecule has 6 heteroatoms. The van der Waals surface area contributed by atoms with Crippen molar-refractivity contribution in [2.24, 2.45) is 4.99 Å². The highest BCUT2D eigenvalue weighted by Crippen LogP contribution is 2.37. The number of furan rings is 1. The zero-order valence-electron chi connectivity index (χ0n) is 13.0. The molecule has 1 aliphatic carbocycles. The van der Waals surface area contributed by atoms with E-state index in [1.165, 1.54) is 6.07 Å². The van der Waals surface area contributed by atoms with Crippen LogP contribution in [0.5, 0.6) is 0 Å². The number of halogens is 2. The van der Waals surface area contributed by atoms with Crippen LogP contribution in [-0.4, -0.2) is 19.0 Å². The Morgan fingerprint density at radius 1 is 1.26 bits per heavy atom. The molecule has 1 aromatic carbocycles. The third kappa shape index (κ3) is 4.46. The van der Waals surface area contributed by atoms with Gasteiger partial charge >= 0.3 is 0 Å². The van der Waals surface area contributed by atoms with Crippen molar-refractivity contribution >= 4 is 29.9 Å². The first kappa shape index (κ1) is 17.8. The first-order chi connectivity index (χ1) is 10.8. The summed E-state index contributed by atoms with van der Waals surface area (Å²) in [5, 5.41) is 6.57. The van der Waals surface area contributed by atoms with Crippen molar-refractivity contribution < 1.29 is 8.81 Å². The second kappa shape index (κ2) is 8.33. The Bertz CT molecular complexity index is 639. The number of nitrogens with zero attached hydrogens (tertiary/aromatic N) is 1. The van der Waals surface area contributed by atoms with E-state index in [0.717, 1.165) is 30.1 Å². The van der Waals surface area contributed by atoms with E-state index in [2.05, 4.69) is 15.6 Å². The van der Waals surface area contributed by atoms with Gasteiger partial charge in [0.1, 0.15) is 11.6 Å². The minimum absolute atomic E-state index is 0. The quantitative estimate of drug-likeness (QED) is 0.443. The summed E-state index contributed by atoms with van der Waals surface area (Å²) >= 11 is 0. The van der Waals surface area contributed by atoms with E-state index in [1.54, 1.807) is 19.4 Å². The fourth-order valence-electron chi connectivity index (χ4n) is 2.77. The molecule has 0 unspecified atom stereocenters. The smallest absolute Gasteiger partial charge is 0.191 e. The molecule has 1 heterocycles. The van der Waals surface area contributed by atoms with E-state index in [0.29, 0.717) is 18.5 Å². The van der Waals surface area contributed by atoms with E-state index >= 15 is 0 Å². The molecule has 124 valence electrons. The Morgan fingerprint density at radius 2 is 2.04 bits per heavy atom. The molecule has 0 radical (unpaired) electrons. The van der Waals surface area contributed by atoms with Crippen molar-refractivity contribution in [2.75, 3.05) is 7.05 Å². The predicted molar refractivity (Wildman–Crippen MR) is 99.6 cm³/mol. The Balaban J connectivity index is 0.00000192. The molecule has 0 saturated heterocycles. The molecule has 1 aliphatic rings. The van der Waals surface area contributed by atoms with Crippen molar-refractivity contribution in [3.05, 3.63) is 59.8 Å². The Hall–Kier alpha value is -1.57. The topological polar surface area (TPSA) is 49.6 Å². The van der Waals surface area contributed by atoms with Crippen LogP contribution in [0.1, 0.15) is 30.1 Å². The van der Waals surface area contributed by atoms with Gasteiger partial charge in [0.2, 0.25) is 0 Å². The average Bonchev–Trinajstić information content (AvgIpc) is 3.00.